The van der Waals surface area contributed by atoms with Crippen LogP contribution in [0.5, 0.6) is 0 Å². The second-order valence-corrected chi connectivity index (χ2v) is 0.296. The van der Waals surface area contributed by atoms with Crippen molar-refractivity contribution in [1.82, 2.24) is 0 Å². The van der Waals surface area contributed by atoms with E-state index in [-0.39, 0.29) is 29.6 Å². The van der Waals surface area contributed by atoms with Crippen LogP contribution >= 0.6 is 0 Å². The Morgan fingerprint density at radius 3 is 2.00 bits per heavy atom. The molecule has 20 valence electrons. The summed E-state index contributed by atoms with van der Waals surface area (Å²) < 4.78 is 0. The van der Waals surface area contributed by atoms with E-state index >= 15 is 0 Å². The Labute approximate surface area is 53.6 Å². The molecule has 0 aliphatic rings. The van der Waals surface area contributed by atoms with E-state index < -0.39 is 0 Å². The third-order valence-electron chi connectivity index (χ3n) is 0.0745. The summed E-state index contributed by atoms with van der Waals surface area (Å²) in [5.74, 6) is 0. The summed E-state index contributed by atoms with van der Waals surface area (Å²) in [6.07, 6.45) is 0.931. The minimum absolute atomic E-state index is 0. The van der Waals surface area contributed by atoms with Gasteiger partial charge in [0.25, 0.3) is 0 Å². The third kappa shape index (κ3) is 13.9. The van der Waals surface area contributed by atoms with Gasteiger partial charge in [0.2, 0.25) is 0 Å². The van der Waals surface area contributed by atoms with E-state index in [0.717, 1.165) is 6.08 Å². The zero-order valence-electron chi connectivity index (χ0n) is 3.10. The molecule has 0 saturated carbocycles. The van der Waals surface area contributed by atoms with Crippen molar-refractivity contribution in [2.24, 2.45) is 0 Å². The Hall–Kier alpha value is 0.230. The first kappa shape index (κ1) is 8.97. The molecule has 0 N–H and O–H groups in total. The fourth-order valence-corrected chi connectivity index (χ4v) is 0. The summed E-state index contributed by atoms with van der Waals surface area (Å²) in [6, 6.07) is 1.58. The zero-order chi connectivity index (χ0) is 3.41. The monoisotopic (exact) mass is 75.0 g/mol. The molecule has 0 unspecified atom stereocenters. The average molecular weight is 75.0 g/mol. The van der Waals surface area contributed by atoms with Crippen molar-refractivity contribution in [3.8, 4) is 6.07 Å². The van der Waals surface area contributed by atoms with Crippen molar-refractivity contribution in [3.63, 3.8) is 0 Å². The molecule has 0 rings (SSSR count). The van der Waals surface area contributed by atoms with Crippen LogP contribution < -0.4 is 29.6 Å². The van der Waals surface area contributed by atoms with E-state index in [0.29, 0.717) is 0 Å². The van der Waals surface area contributed by atoms with Crippen molar-refractivity contribution < 1.29 is 29.6 Å². The molecule has 0 aromatic carbocycles. The Morgan fingerprint density at radius 2 is 2.00 bits per heavy atom. The Balaban J connectivity index is 0. The summed E-state index contributed by atoms with van der Waals surface area (Å²) in [5.41, 5.74) is 0. The maximum absolute atomic E-state index is 7.44. The van der Waals surface area contributed by atoms with E-state index in [4.69, 9.17) is 5.26 Å². The Morgan fingerprint density at radius 1 is 1.80 bits per heavy atom. The first-order valence-corrected chi connectivity index (χ1v) is 0.846. The summed E-state index contributed by atoms with van der Waals surface area (Å²) >= 11 is 0. The van der Waals surface area contributed by atoms with Crippen molar-refractivity contribution in [2.75, 3.05) is 0 Å². The fraction of sp³-hybridized carbons (Fsp3) is 0. The number of nitrogens with zero attached hydrogens (tertiary/aromatic N) is 1. The molecule has 0 aliphatic carbocycles. The van der Waals surface area contributed by atoms with Crippen LogP contribution in [0, 0.1) is 17.9 Å². The molecule has 5 heavy (non-hydrogen) atoms. The van der Waals surface area contributed by atoms with Crippen molar-refractivity contribution in [1.29, 1.82) is 5.26 Å². The normalized spacial score (nSPS) is 3.00. The molecule has 0 aromatic rings. The Kier molecular flexibility index (Phi) is 15.9. The van der Waals surface area contributed by atoms with Crippen molar-refractivity contribution >= 4 is 0 Å². The van der Waals surface area contributed by atoms with Gasteiger partial charge in [0.15, 0.2) is 0 Å². The summed E-state index contributed by atoms with van der Waals surface area (Å²) in [5, 5.41) is 7.44. The van der Waals surface area contributed by atoms with E-state index in [2.05, 4.69) is 6.58 Å². The molecular formula is C3H2NNa. The molecular weight excluding hydrogens is 73.0 g/mol. The number of allylic oxidation sites excluding steroid dienone is 1. The van der Waals surface area contributed by atoms with E-state index in [1.807, 2.05) is 0 Å². The maximum atomic E-state index is 7.44. The zero-order valence-corrected chi connectivity index (χ0v) is 5.10. The van der Waals surface area contributed by atoms with Crippen LogP contribution in [-0.2, 0) is 0 Å². The van der Waals surface area contributed by atoms with Crippen LogP contribution in [0.15, 0.2) is 6.08 Å². The first-order valence-electron chi connectivity index (χ1n) is 0.846. The van der Waals surface area contributed by atoms with Crippen LogP contribution in [-0.4, -0.2) is 0 Å². The van der Waals surface area contributed by atoms with Gasteiger partial charge in [0.1, 0.15) is 0 Å². The third-order valence-corrected chi connectivity index (χ3v) is 0.0745. The molecule has 0 aliphatic heterocycles. The topological polar surface area (TPSA) is 23.8 Å². The quantitative estimate of drug-likeness (QED) is 0.177. The largest absolute Gasteiger partial charge is 1.00 e. The predicted octanol–water partition coefficient (Wildman–Crippen LogP) is -2.50. The molecule has 2 heteroatoms. The molecule has 0 bridgehead atoms. The molecule has 0 aromatic heterocycles. The van der Waals surface area contributed by atoms with Gasteiger partial charge < -0.3 is 5.26 Å². The molecule has 0 heterocycles. The molecule has 0 atom stereocenters. The molecule has 0 spiro atoms. The van der Waals surface area contributed by atoms with Crippen LogP contribution in [0.25, 0.3) is 0 Å². The summed E-state index contributed by atoms with van der Waals surface area (Å²) in [4.78, 5) is 0. The van der Waals surface area contributed by atoms with E-state index in [9.17, 15) is 0 Å². The fourth-order valence-electron chi connectivity index (χ4n) is 0. The van der Waals surface area contributed by atoms with E-state index in [1.54, 1.807) is 6.07 Å². The number of nitriles is 1. The van der Waals surface area contributed by atoms with Gasteiger partial charge >= 0.3 is 29.6 Å². The first-order chi connectivity index (χ1) is 1.91. The smallest absolute Gasteiger partial charge is 0.329 e. The number of hydrogen-bond donors (Lipinski definition) is 0. The molecule has 0 amide bonds. The van der Waals surface area contributed by atoms with Gasteiger partial charge in [-0.25, -0.2) is 0 Å². The summed E-state index contributed by atoms with van der Waals surface area (Å²) in [6.45, 7) is 4.54. The number of hydrogen-bond acceptors (Lipinski definition) is 1. The van der Waals surface area contributed by atoms with Crippen LogP contribution in [0.3, 0.4) is 0 Å². The van der Waals surface area contributed by atoms with Crippen LogP contribution in [0.1, 0.15) is 0 Å². The van der Waals surface area contributed by atoms with E-state index in [1.165, 1.54) is 0 Å². The second kappa shape index (κ2) is 8.87. The van der Waals surface area contributed by atoms with Gasteiger partial charge in [0, 0.05) is 0 Å². The SMILES string of the molecule is [CH-]=CC#N.[Na+]. The van der Waals surface area contributed by atoms with Crippen LogP contribution in [0.2, 0.25) is 0 Å². The van der Waals surface area contributed by atoms with Crippen LogP contribution in [0.4, 0.5) is 0 Å². The van der Waals surface area contributed by atoms with Gasteiger partial charge in [-0.05, 0) is 0 Å². The van der Waals surface area contributed by atoms with Gasteiger partial charge in [0.05, 0.1) is 0 Å². The minimum atomic E-state index is 0. The molecule has 1 nitrogen and oxygen atoms in total. The maximum Gasteiger partial charge on any atom is 1.00 e. The Bertz CT molecular complexity index is 52.4. The van der Waals surface area contributed by atoms with Gasteiger partial charge in [-0.15, -0.1) is 6.07 Å². The minimum Gasteiger partial charge on any atom is -0.329 e. The second-order valence-electron chi connectivity index (χ2n) is 0.296. The van der Waals surface area contributed by atoms with Crippen molar-refractivity contribution in [3.05, 3.63) is 12.7 Å². The van der Waals surface area contributed by atoms with Crippen molar-refractivity contribution in [2.45, 2.75) is 0 Å². The number of rotatable bonds is 0. The van der Waals surface area contributed by atoms with Gasteiger partial charge in [-0.1, -0.05) is 0 Å². The molecule has 0 saturated heterocycles. The van der Waals surface area contributed by atoms with Gasteiger partial charge in [-0.2, -0.15) is 6.08 Å². The molecule has 0 fully saturated rings. The summed E-state index contributed by atoms with van der Waals surface area (Å²) in [7, 11) is 0. The average Bonchev–Trinajstić information content (AvgIpc) is 1.37. The molecule has 0 radical (unpaired) electrons. The predicted molar refractivity (Wildman–Crippen MR) is 14.5 cm³/mol. The standard InChI is InChI=1S/C3H2N.Na/c1-2-3-4;/h1-2H;/q-1;+1. The van der Waals surface area contributed by atoms with Gasteiger partial charge in [-0.3, -0.25) is 6.58 Å².